The monoisotopic (exact) mass is 919 g/mol. The fourth-order valence-corrected chi connectivity index (χ4v) is 9.02. The molecule has 386 valence electrons. The Kier molecular flexibility index (Phi) is 50.5. The normalized spacial score (nSPS) is 12.5. The summed E-state index contributed by atoms with van der Waals surface area (Å²) >= 11 is 0. The van der Waals surface area contributed by atoms with Gasteiger partial charge >= 0.3 is 17.9 Å². The molecule has 0 spiro atoms. The number of carbonyl (C=O) groups is 3. The third-order valence-electron chi connectivity index (χ3n) is 13.8. The van der Waals surface area contributed by atoms with Crippen LogP contribution in [-0.4, -0.2) is 37.2 Å². The van der Waals surface area contributed by atoms with Gasteiger partial charge in [0.15, 0.2) is 6.10 Å². The van der Waals surface area contributed by atoms with Gasteiger partial charge in [-0.15, -0.1) is 0 Å². The number of esters is 3. The average Bonchev–Trinajstić information content (AvgIpc) is 3.29. The summed E-state index contributed by atoms with van der Waals surface area (Å²) in [4.78, 5) is 38.1. The molecule has 0 radical (unpaired) electrons. The minimum Gasteiger partial charge on any atom is -0.462 e. The van der Waals surface area contributed by atoms with Crippen molar-refractivity contribution in [1.29, 1.82) is 0 Å². The van der Waals surface area contributed by atoms with E-state index in [1.54, 1.807) is 0 Å². The second-order valence-corrected chi connectivity index (χ2v) is 21.0. The Morgan fingerprint density at radius 3 is 0.877 bits per heavy atom. The Hall–Kier alpha value is -1.59. The summed E-state index contributed by atoms with van der Waals surface area (Å²) in [5.74, 6) is 0.861. The van der Waals surface area contributed by atoms with Crippen molar-refractivity contribution in [2.75, 3.05) is 13.2 Å². The van der Waals surface area contributed by atoms with Gasteiger partial charge in [-0.3, -0.25) is 14.4 Å². The molecule has 0 saturated carbocycles. The van der Waals surface area contributed by atoms with Crippen LogP contribution in [0.3, 0.4) is 0 Å². The summed E-state index contributed by atoms with van der Waals surface area (Å²) in [6.07, 6.45) is 55.2. The van der Waals surface area contributed by atoms with Crippen LogP contribution in [0.4, 0.5) is 0 Å². The van der Waals surface area contributed by atoms with E-state index in [0.717, 1.165) is 69.6 Å². The highest BCUT2D eigenvalue weighted by Crippen LogP contribution is 2.19. The van der Waals surface area contributed by atoms with Crippen LogP contribution in [0.5, 0.6) is 0 Å². The highest BCUT2D eigenvalue weighted by molar-refractivity contribution is 5.71. The fourth-order valence-electron chi connectivity index (χ4n) is 9.02. The summed E-state index contributed by atoms with van der Waals surface area (Å²) in [7, 11) is 0. The van der Waals surface area contributed by atoms with Crippen LogP contribution in [0, 0.1) is 11.8 Å². The highest BCUT2D eigenvalue weighted by Gasteiger charge is 2.19. The maximum absolute atomic E-state index is 12.8. The minimum absolute atomic E-state index is 0.0629. The standard InChI is InChI=1S/C59H114O6/c1-6-8-9-10-11-12-13-14-15-19-23-26-29-36-41-46-51-59(62)65-56(53-64-58(61)50-45-40-35-31-30-33-38-43-48-55(5)7-2)52-63-57(60)49-44-39-34-28-25-22-20-17-16-18-21-24-27-32-37-42-47-54(3)4/h54-56H,6-53H2,1-5H3/t55?,56-/m0/s1. The molecular formula is C59H114O6. The minimum atomic E-state index is -0.763. The molecule has 0 aliphatic carbocycles. The summed E-state index contributed by atoms with van der Waals surface area (Å²) < 4.78 is 16.9. The van der Waals surface area contributed by atoms with E-state index in [1.165, 1.54) is 218 Å². The number of carbonyl (C=O) groups excluding carboxylic acids is 3. The number of hydrogen-bond donors (Lipinski definition) is 0. The summed E-state index contributed by atoms with van der Waals surface area (Å²) in [5, 5.41) is 0. The molecule has 65 heavy (non-hydrogen) atoms. The van der Waals surface area contributed by atoms with Crippen molar-refractivity contribution < 1.29 is 28.6 Å². The van der Waals surface area contributed by atoms with Gasteiger partial charge in [-0.2, -0.15) is 0 Å². The first-order valence-corrected chi connectivity index (χ1v) is 29.3. The molecule has 0 aromatic heterocycles. The van der Waals surface area contributed by atoms with Gasteiger partial charge in [0, 0.05) is 19.3 Å². The van der Waals surface area contributed by atoms with Gasteiger partial charge in [-0.1, -0.05) is 291 Å². The van der Waals surface area contributed by atoms with Crippen molar-refractivity contribution in [3.05, 3.63) is 0 Å². The summed E-state index contributed by atoms with van der Waals surface area (Å²) in [6, 6.07) is 0. The largest absolute Gasteiger partial charge is 0.462 e. The lowest BCUT2D eigenvalue weighted by molar-refractivity contribution is -0.167. The van der Waals surface area contributed by atoms with Crippen molar-refractivity contribution in [2.45, 2.75) is 336 Å². The van der Waals surface area contributed by atoms with Crippen LogP contribution < -0.4 is 0 Å². The van der Waals surface area contributed by atoms with Gasteiger partial charge in [0.2, 0.25) is 0 Å². The van der Waals surface area contributed by atoms with Crippen molar-refractivity contribution in [2.24, 2.45) is 11.8 Å². The van der Waals surface area contributed by atoms with Gasteiger partial charge < -0.3 is 14.2 Å². The zero-order valence-electron chi connectivity index (χ0n) is 44.6. The van der Waals surface area contributed by atoms with E-state index in [0.29, 0.717) is 19.3 Å². The molecule has 1 unspecified atom stereocenters. The Bertz CT molecular complexity index is 995. The van der Waals surface area contributed by atoms with Gasteiger partial charge in [-0.05, 0) is 31.1 Å². The number of unbranched alkanes of at least 4 members (excludes halogenated alkanes) is 37. The number of rotatable bonds is 53. The van der Waals surface area contributed by atoms with Gasteiger partial charge in [-0.25, -0.2) is 0 Å². The Morgan fingerprint density at radius 2 is 0.585 bits per heavy atom. The molecular weight excluding hydrogens is 805 g/mol. The van der Waals surface area contributed by atoms with E-state index in [1.807, 2.05) is 0 Å². The molecule has 0 bridgehead atoms. The second kappa shape index (κ2) is 51.8. The summed E-state index contributed by atoms with van der Waals surface area (Å²) in [6.45, 7) is 11.4. The molecule has 0 fully saturated rings. The fraction of sp³-hybridized carbons (Fsp3) is 0.949. The van der Waals surface area contributed by atoms with E-state index in [-0.39, 0.29) is 31.1 Å². The highest BCUT2D eigenvalue weighted by atomic mass is 16.6. The maximum atomic E-state index is 12.8. The van der Waals surface area contributed by atoms with E-state index in [4.69, 9.17) is 14.2 Å². The van der Waals surface area contributed by atoms with E-state index in [9.17, 15) is 14.4 Å². The molecule has 6 heteroatoms. The lowest BCUT2D eigenvalue weighted by atomic mass is 9.99. The van der Waals surface area contributed by atoms with Gasteiger partial charge in [0.25, 0.3) is 0 Å². The number of ether oxygens (including phenoxy) is 3. The Labute approximate surface area is 406 Å². The first-order valence-electron chi connectivity index (χ1n) is 29.3. The van der Waals surface area contributed by atoms with Crippen molar-refractivity contribution in [3.8, 4) is 0 Å². The van der Waals surface area contributed by atoms with Crippen molar-refractivity contribution in [1.82, 2.24) is 0 Å². The van der Waals surface area contributed by atoms with Gasteiger partial charge in [0.1, 0.15) is 13.2 Å². The van der Waals surface area contributed by atoms with E-state index >= 15 is 0 Å². The van der Waals surface area contributed by atoms with Crippen LogP contribution in [-0.2, 0) is 28.6 Å². The Morgan fingerprint density at radius 1 is 0.323 bits per heavy atom. The molecule has 0 saturated heterocycles. The molecule has 6 nitrogen and oxygen atoms in total. The Balaban J connectivity index is 4.27. The molecule has 0 aromatic rings. The zero-order valence-corrected chi connectivity index (χ0v) is 44.6. The molecule has 0 N–H and O–H groups in total. The predicted molar refractivity (Wildman–Crippen MR) is 280 cm³/mol. The van der Waals surface area contributed by atoms with Crippen LogP contribution in [0.2, 0.25) is 0 Å². The third kappa shape index (κ3) is 51.6. The average molecular weight is 920 g/mol. The second-order valence-electron chi connectivity index (χ2n) is 21.0. The lowest BCUT2D eigenvalue weighted by Crippen LogP contribution is -2.30. The van der Waals surface area contributed by atoms with E-state index in [2.05, 4.69) is 34.6 Å². The van der Waals surface area contributed by atoms with Crippen LogP contribution in [0.15, 0.2) is 0 Å². The maximum Gasteiger partial charge on any atom is 0.306 e. The quantitative estimate of drug-likeness (QED) is 0.0344. The van der Waals surface area contributed by atoms with Gasteiger partial charge in [0.05, 0.1) is 0 Å². The van der Waals surface area contributed by atoms with Crippen molar-refractivity contribution in [3.63, 3.8) is 0 Å². The van der Waals surface area contributed by atoms with E-state index < -0.39 is 6.10 Å². The molecule has 0 aliphatic heterocycles. The lowest BCUT2D eigenvalue weighted by Gasteiger charge is -2.18. The van der Waals surface area contributed by atoms with Crippen molar-refractivity contribution >= 4 is 17.9 Å². The third-order valence-corrected chi connectivity index (χ3v) is 13.8. The predicted octanol–water partition coefficient (Wildman–Crippen LogP) is 19.3. The molecule has 0 rings (SSSR count). The van der Waals surface area contributed by atoms with Crippen LogP contribution in [0.1, 0.15) is 330 Å². The molecule has 2 atom stereocenters. The molecule has 0 amide bonds. The SMILES string of the molecule is CCCCCCCCCCCCCCCCCCC(=O)O[C@@H](COC(=O)CCCCCCCCCCCCCCCCCCC(C)C)COC(=O)CCCCCCCCCCC(C)CC. The number of hydrogen-bond acceptors (Lipinski definition) is 6. The molecule has 0 aromatic carbocycles. The molecule has 0 aliphatic rings. The van der Waals surface area contributed by atoms with Crippen LogP contribution >= 0.6 is 0 Å². The topological polar surface area (TPSA) is 78.9 Å². The smallest absolute Gasteiger partial charge is 0.306 e. The first-order chi connectivity index (χ1) is 31.8. The summed E-state index contributed by atoms with van der Waals surface area (Å²) in [5.41, 5.74) is 0. The van der Waals surface area contributed by atoms with Crippen LogP contribution in [0.25, 0.3) is 0 Å². The zero-order chi connectivity index (χ0) is 47.5. The first kappa shape index (κ1) is 63.4. The molecule has 0 heterocycles.